The Labute approximate surface area is 156 Å². The van der Waals surface area contributed by atoms with Gasteiger partial charge in [0.1, 0.15) is 36.1 Å². The number of hydrogen-bond acceptors (Lipinski definition) is 7. The van der Waals surface area contributed by atoms with Crippen LogP contribution in [0.5, 0.6) is 0 Å². The summed E-state index contributed by atoms with van der Waals surface area (Å²) >= 11 is 0. The number of carbonyl (C=O) groups excluding carboxylic acids is 2. The maximum Gasteiger partial charge on any atom is 0.344 e. The number of nitriles is 1. The highest BCUT2D eigenvalue weighted by atomic mass is 16.6. The van der Waals surface area contributed by atoms with Crippen molar-refractivity contribution in [3.63, 3.8) is 0 Å². The Morgan fingerprint density at radius 2 is 2.00 bits per heavy atom. The summed E-state index contributed by atoms with van der Waals surface area (Å²) in [6, 6.07) is 7.79. The summed E-state index contributed by atoms with van der Waals surface area (Å²) in [5, 5.41) is 8.71. The van der Waals surface area contributed by atoms with E-state index in [0.29, 0.717) is 5.56 Å². The molecule has 2 aromatic heterocycles. The van der Waals surface area contributed by atoms with Crippen molar-refractivity contribution in [2.75, 3.05) is 0 Å². The van der Waals surface area contributed by atoms with Crippen LogP contribution in [-0.2, 0) is 27.4 Å². The summed E-state index contributed by atoms with van der Waals surface area (Å²) in [5.74, 6) is -1.40. The first-order chi connectivity index (χ1) is 12.7. The van der Waals surface area contributed by atoms with Crippen LogP contribution in [0.3, 0.4) is 0 Å². The van der Waals surface area contributed by atoms with E-state index in [1.54, 1.807) is 26.8 Å². The minimum Gasteiger partial charge on any atom is -0.459 e. The molecule has 140 valence electrons. The predicted molar refractivity (Wildman–Crippen MR) is 94.6 cm³/mol. The molecule has 0 saturated carbocycles. The fourth-order valence-electron chi connectivity index (χ4n) is 2.13. The molecule has 0 atom stereocenters. The molecule has 0 saturated heterocycles. The predicted octanol–water partition coefficient (Wildman–Crippen LogP) is 1.81. The third-order valence-corrected chi connectivity index (χ3v) is 3.27. The summed E-state index contributed by atoms with van der Waals surface area (Å²) in [7, 11) is 0. The van der Waals surface area contributed by atoms with E-state index >= 15 is 0 Å². The van der Waals surface area contributed by atoms with Gasteiger partial charge in [0.25, 0.3) is 5.56 Å². The van der Waals surface area contributed by atoms with Crippen LogP contribution in [-0.4, -0.2) is 27.1 Å². The summed E-state index contributed by atoms with van der Waals surface area (Å²) in [6.45, 7) is 4.76. The average Bonchev–Trinajstić information content (AvgIpc) is 2.60. The van der Waals surface area contributed by atoms with Gasteiger partial charge in [-0.3, -0.25) is 9.59 Å². The van der Waals surface area contributed by atoms with E-state index in [9.17, 15) is 14.4 Å². The SMILES string of the molecule is CC(C)(C)OC(=O)Cn1cccc(C(=O)OCc2ccc(C#N)nc2)c1=O. The Kier molecular flexibility index (Phi) is 6.08. The van der Waals surface area contributed by atoms with Gasteiger partial charge < -0.3 is 14.0 Å². The molecule has 0 aliphatic rings. The Morgan fingerprint density at radius 1 is 1.26 bits per heavy atom. The Bertz CT molecular complexity index is 934. The van der Waals surface area contributed by atoms with Crippen LogP contribution in [0, 0.1) is 11.3 Å². The first-order valence-corrected chi connectivity index (χ1v) is 8.13. The largest absolute Gasteiger partial charge is 0.459 e. The van der Waals surface area contributed by atoms with Crippen molar-refractivity contribution in [3.05, 3.63) is 63.8 Å². The average molecular weight is 369 g/mol. The van der Waals surface area contributed by atoms with Crippen LogP contribution in [0.4, 0.5) is 0 Å². The number of rotatable bonds is 5. The number of carbonyl (C=O) groups is 2. The highest BCUT2D eigenvalue weighted by Gasteiger charge is 2.19. The minimum atomic E-state index is -0.817. The van der Waals surface area contributed by atoms with Gasteiger partial charge >= 0.3 is 11.9 Å². The molecular weight excluding hydrogens is 350 g/mol. The molecular formula is C19H19N3O5. The number of hydrogen-bond donors (Lipinski definition) is 0. The zero-order chi connectivity index (χ0) is 20.0. The fraction of sp³-hybridized carbons (Fsp3) is 0.316. The molecule has 8 heteroatoms. The topological polar surface area (TPSA) is 111 Å². The molecule has 0 aliphatic heterocycles. The van der Waals surface area contributed by atoms with Crippen LogP contribution >= 0.6 is 0 Å². The molecule has 8 nitrogen and oxygen atoms in total. The number of pyridine rings is 2. The Morgan fingerprint density at radius 3 is 2.59 bits per heavy atom. The molecule has 2 heterocycles. The molecule has 0 bridgehead atoms. The van der Waals surface area contributed by atoms with Crippen molar-refractivity contribution in [3.8, 4) is 6.07 Å². The minimum absolute atomic E-state index is 0.0993. The standard InChI is InChI=1S/C19H19N3O5/c1-19(2,3)27-16(23)11-22-8-4-5-15(17(22)24)18(25)26-12-13-6-7-14(9-20)21-10-13/h4-8,10H,11-12H2,1-3H3. The van der Waals surface area contributed by atoms with Gasteiger partial charge in [0, 0.05) is 18.0 Å². The van der Waals surface area contributed by atoms with Crippen LogP contribution in [0.2, 0.25) is 0 Å². The number of aromatic nitrogens is 2. The smallest absolute Gasteiger partial charge is 0.344 e. The fourth-order valence-corrected chi connectivity index (χ4v) is 2.13. The highest BCUT2D eigenvalue weighted by molar-refractivity contribution is 5.89. The van der Waals surface area contributed by atoms with Gasteiger partial charge in [-0.25, -0.2) is 9.78 Å². The van der Waals surface area contributed by atoms with Crippen LogP contribution in [0.25, 0.3) is 0 Å². The van der Waals surface area contributed by atoms with Crippen molar-refractivity contribution in [1.82, 2.24) is 9.55 Å². The van der Waals surface area contributed by atoms with Crippen LogP contribution in [0.1, 0.15) is 42.4 Å². The van der Waals surface area contributed by atoms with Crippen LogP contribution in [0.15, 0.2) is 41.5 Å². The molecule has 0 radical (unpaired) electrons. The molecule has 0 aromatic carbocycles. The monoisotopic (exact) mass is 369 g/mol. The summed E-state index contributed by atoms with van der Waals surface area (Å²) in [6.07, 6.45) is 2.81. The first kappa shape index (κ1) is 19.8. The molecule has 0 aliphatic carbocycles. The van der Waals surface area contributed by atoms with Gasteiger partial charge in [0.15, 0.2) is 0 Å². The normalized spacial score (nSPS) is 10.7. The van der Waals surface area contributed by atoms with Crippen molar-refractivity contribution in [2.24, 2.45) is 0 Å². The van der Waals surface area contributed by atoms with Gasteiger partial charge in [-0.1, -0.05) is 6.07 Å². The van der Waals surface area contributed by atoms with Crippen molar-refractivity contribution in [1.29, 1.82) is 5.26 Å². The second-order valence-corrected chi connectivity index (χ2v) is 6.68. The molecule has 0 amide bonds. The van der Waals surface area contributed by atoms with E-state index in [2.05, 4.69) is 4.98 Å². The molecule has 0 N–H and O–H groups in total. The summed E-state index contributed by atoms with van der Waals surface area (Å²) in [5.41, 5.74) is -0.689. The zero-order valence-corrected chi connectivity index (χ0v) is 15.3. The van der Waals surface area contributed by atoms with E-state index < -0.39 is 23.1 Å². The van der Waals surface area contributed by atoms with E-state index in [4.69, 9.17) is 14.7 Å². The van der Waals surface area contributed by atoms with Crippen molar-refractivity contribution >= 4 is 11.9 Å². The third kappa shape index (κ3) is 5.78. The Hall–Kier alpha value is -3.47. The second kappa shape index (κ2) is 8.27. The molecule has 27 heavy (non-hydrogen) atoms. The van der Waals surface area contributed by atoms with E-state index in [1.807, 2.05) is 6.07 Å². The maximum atomic E-state index is 12.4. The highest BCUT2D eigenvalue weighted by Crippen LogP contribution is 2.08. The van der Waals surface area contributed by atoms with Crippen molar-refractivity contribution in [2.45, 2.75) is 39.5 Å². The van der Waals surface area contributed by atoms with E-state index in [0.717, 1.165) is 4.57 Å². The lowest BCUT2D eigenvalue weighted by atomic mass is 10.2. The Balaban J connectivity index is 2.07. The van der Waals surface area contributed by atoms with Gasteiger partial charge in [-0.15, -0.1) is 0 Å². The second-order valence-electron chi connectivity index (χ2n) is 6.68. The third-order valence-electron chi connectivity index (χ3n) is 3.27. The first-order valence-electron chi connectivity index (χ1n) is 8.13. The van der Waals surface area contributed by atoms with E-state index in [-0.39, 0.29) is 24.4 Å². The molecule has 2 aromatic rings. The molecule has 0 spiro atoms. The summed E-state index contributed by atoms with van der Waals surface area (Å²) in [4.78, 5) is 40.4. The zero-order valence-electron chi connectivity index (χ0n) is 15.3. The number of ether oxygens (including phenoxy) is 2. The maximum absolute atomic E-state index is 12.4. The van der Waals surface area contributed by atoms with Gasteiger partial charge in [-0.2, -0.15) is 5.26 Å². The summed E-state index contributed by atoms with van der Waals surface area (Å²) < 4.78 is 11.4. The lowest BCUT2D eigenvalue weighted by Gasteiger charge is -2.19. The molecule has 0 fully saturated rings. The lowest BCUT2D eigenvalue weighted by molar-refractivity contribution is -0.155. The van der Waals surface area contributed by atoms with Gasteiger partial charge in [-0.05, 0) is 39.0 Å². The van der Waals surface area contributed by atoms with Crippen molar-refractivity contribution < 1.29 is 19.1 Å². The van der Waals surface area contributed by atoms with Gasteiger partial charge in [0.05, 0.1) is 0 Å². The van der Waals surface area contributed by atoms with Crippen LogP contribution < -0.4 is 5.56 Å². The van der Waals surface area contributed by atoms with Gasteiger partial charge in [0.2, 0.25) is 0 Å². The lowest BCUT2D eigenvalue weighted by Crippen LogP contribution is -2.32. The van der Waals surface area contributed by atoms with E-state index in [1.165, 1.54) is 30.6 Å². The quantitative estimate of drug-likeness (QED) is 0.739. The molecule has 2 rings (SSSR count). The number of esters is 2. The molecule has 0 unspecified atom stereocenters. The number of nitrogens with zero attached hydrogens (tertiary/aromatic N) is 3.